The lowest BCUT2D eigenvalue weighted by molar-refractivity contribution is -0.141. The fourth-order valence-electron chi connectivity index (χ4n) is 2.39. The fourth-order valence-corrected chi connectivity index (χ4v) is 2.39. The molecule has 1 fully saturated rings. The number of halogens is 3. The van der Waals surface area contributed by atoms with Crippen LogP contribution in [-0.4, -0.2) is 37.8 Å². The molecule has 114 valence electrons. The van der Waals surface area contributed by atoms with E-state index in [2.05, 4.69) is 15.2 Å². The molecular formula is C12H14F3N5O. The van der Waals surface area contributed by atoms with E-state index in [4.69, 9.17) is 4.74 Å². The third-order valence-corrected chi connectivity index (χ3v) is 3.39. The number of ether oxygens (including phenoxy) is 1. The van der Waals surface area contributed by atoms with Gasteiger partial charge in [-0.3, -0.25) is 4.68 Å². The highest BCUT2D eigenvalue weighted by Crippen LogP contribution is 2.32. The van der Waals surface area contributed by atoms with E-state index >= 15 is 0 Å². The number of rotatable bonds is 2. The molecule has 0 spiro atoms. The molecule has 3 heterocycles. The summed E-state index contributed by atoms with van der Waals surface area (Å²) in [4.78, 5) is 4.25. The van der Waals surface area contributed by atoms with Crippen molar-refractivity contribution in [3.63, 3.8) is 0 Å². The molecule has 21 heavy (non-hydrogen) atoms. The van der Waals surface area contributed by atoms with Crippen molar-refractivity contribution < 1.29 is 17.9 Å². The number of aryl methyl sites for hydroxylation is 2. The molecule has 1 aliphatic rings. The van der Waals surface area contributed by atoms with Crippen LogP contribution < -0.4 is 0 Å². The molecule has 1 unspecified atom stereocenters. The Hall–Kier alpha value is -1.90. The van der Waals surface area contributed by atoms with Gasteiger partial charge in [0, 0.05) is 13.7 Å². The summed E-state index contributed by atoms with van der Waals surface area (Å²) < 4.78 is 46.4. The zero-order valence-electron chi connectivity index (χ0n) is 11.6. The van der Waals surface area contributed by atoms with E-state index in [1.54, 1.807) is 11.6 Å². The van der Waals surface area contributed by atoms with Crippen molar-refractivity contribution in [1.82, 2.24) is 24.5 Å². The fraction of sp³-hybridized carbons (Fsp3) is 0.583. The summed E-state index contributed by atoms with van der Waals surface area (Å²) in [5.41, 5.74) is -0.648. The van der Waals surface area contributed by atoms with Gasteiger partial charge in [-0.15, -0.1) is 0 Å². The molecule has 1 atom stereocenters. The molecule has 0 aliphatic carbocycles. The van der Waals surface area contributed by atoms with Gasteiger partial charge in [0.2, 0.25) is 0 Å². The molecular weight excluding hydrogens is 287 g/mol. The average molecular weight is 301 g/mol. The lowest BCUT2D eigenvalue weighted by Crippen LogP contribution is -2.13. The van der Waals surface area contributed by atoms with Crippen molar-refractivity contribution in [1.29, 1.82) is 0 Å². The Labute approximate surface area is 118 Å². The molecule has 2 aromatic rings. The molecule has 0 N–H and O–H groups in total. The first-order valence-electron chi connectivity index (χ1n) is 6.49. The van der Waals surface area contributed by atoms with Gasteiger partial charge in [0.1, 0.15) is 11.5 Å². The Balaban J connectivity index is 2.06. The number of alkyl halides is 3. The first-order valence-corrected chi connectivity index (χ1v) is 6.49. The highest BCUT2D eigenvalue weighted by atomic mass is 19.4. The third-order valence-electron chi connectivity index (χ3n) is 3.39. The van der Waals surface area contributed by atoms with Crippen molar-refractivity contribution in [3.05, 3.63) is 17.6 Å². The summed E-state index contributed by atoms with van der Waals surface area (Å²) in [5, 5.41) is 7.80. The van der Waals surface area contributed by atoms with Crippen LogP contribution in [0, 0.1) is 6.92 Å². The standard InChI is InChI=1S/C12H14F3N5O/c1-7-16-11(20(17-7)8-3-4-21-6-8)9-5-10(12(13,14)15)18-19(9)2/h5,8H,3-4,6H2,1-2H3. The van der Waals surface area contributed by atoms with Crippen LogP contribution >= 0.6 is 0 Å². The normalized spacial score (nSPS) is 19.4. The Morgan fingerprint density at radius 2 is 2.10 bits per heavy atom. The van der Waals surface area contributed by atoms with E-state index in [-0.39, 0.29) is 11.7 Å². The Kier molecular flexibility index (Phi) is 3.23. The van der Waals surface area contributed by atoms with Crippen LogP contribution in [0.3, 0.4) is 0 Å². The minimum atomic E-state index is -4.48. The number of nitrogens with zero attached hydrogens (tertiary/aromatic N) is 5. The number of hydrogen-bond acceptors (Lipinski definition) is 4. The maximum Gasteiger partial charge on any atom is 0.435 e. The first-order chi connectivity index (χ1) is 9.86. The highest BCUT2D eigenvalue weighted by Gasteiger charge is 2.35. The second-order valence-corrected chi connectivity index (χ2v) is 4.98. The molecule has 3 rings (SSSR count). The molecule has 0 saturated carbocycles. The van der Waals surface area contributed by atoms with Gasteiger partial charge < -0.3 is 4.74 Å². The van der Waals surface area contributed by atoms with Gasteiger partial charge in [0.15, 0.2) is 11.5 Å². The van der Waals surface area contributed by atoms with Crippen molar-refractivity contribution in [2.24, 2.45) is 7.05 Å². The third kappa shape index (κ3) is 2.53. The monoisotopic (exact) mass is 301 g/mol. The van der Waals surface area contributed by atoms with Crippen molar-refractivity contribution in [2.75, 3.05) is 13.2 Å². The van der Waals surface area contributed by atoms with Gasteiger partial charge in [-0.25, -0.2) is 9.67 Å². The zero-order valence-corrected chi connectivity index (χ0v) is 11.6. The zero-order chi connectivity index (χ0) is 15.2. The van der Waals surface area contributed by atoms with E-state index in [1.807, 2.05) is 0 Å². The summed E-state index contributed by atoms with van der Waals surface area (Å²) in [5.74, 6) is 0.889. The summed E-state index contributed by atoms with van der Waals surface area (Å²) in [6.45, 7) is 2.80. The largest absolute Gasteiger partial charge is 0.435 e. The van der Waals surface area contributed by atoms with Crippen LogP contribution in [0.4, 0.5) is 13.2 Å². The smallest absolute Gasteiger partial charge is 0.379 e. The van der Waals surface area contributed by atoms with Gasteiger partial charge >= 0.3 is 6.18 Å². The van der Waals surface area contributed by atoms with Crippen molar-refractivity contribution >= 4 is 0 Å². The van der Waals surface area contributed by atoms with E-state index in [0.29, 0.717) is 24.9 Å². The number of aromatic nitrogens is 5. The number of hydrogen-bond donors (Lipinski definition) is 0. The van der Waals surface area contributed by atoms with Crippen LogP contribution in [0.5, 0.6) is 0 Å². The maximum atomic E-state index is 12.8. The molecule has 6 nitrogen and oxygen atoms in total. The molecule has 0 amide bonds. The summed E-state index contributed by atoms with van der Waals surface area (Å²) >= 11 is 0. The maximum absolute atomic E-state index is 12.8. The summed E-state index contributed by atoms with van der Waals surface area (Å²) in [6.07, 6.45) is -3.72. The van der Waals surface area contributed by atoms with Gasteiger partial charge in [-0.05, 0) is 19.4 Å². The molecule has 9 heteroatoms. The summed E-state index contributed by atoms with van der Waals surface area (Å²) in [7, 11) is 1.46. The topological polar surface area (TPSA) is 57.8 Å². The minimum absolute atomic E-state index is 0.00885. The SMILES string of the molecule is Cc1nc(-c2cc(C(F)(F)F)nn2C)n(C2CCOC2)n1. The first kappa shape index (κ1) is 14.1. The lowest BCUT2D eigenvalue weighted by atomic mass is 10.2. The van der Waals surface area contributed by atoms with Crippen LogP contribution in [-0.2, 0) is 18.0 Å². The Bertz CT molecular complexity index is 654. The highest BCUT2D eigenvalue weighted by molar-refractivity contribution is 5.51. The van der Waals surface area contributed by atoms with Gasteiger partial charge in [0.05, 0.1) is 12.6 Å². The van der Waals surface area contributed by atoms with E-state index in [0.717, 1.165) is 12.5 Å². The van der Waals surface area contributed by atoms with Crippen LogP contribution in [0.15, 0.2) is 6.07 Å². The Morgan fingerprint density at radius 3 is 2.67 bits per heavy atom. The molecule has 1 saturated heterocycles. The molecule has 0 bridgehead atoms. The van der Waals surface area contributed by atoms with Crippen LogP contribution in [0.25, 0.3) is 11.5 Å². The van der Waals surface area contributed by atoms with Gasteiger partial charge in [-0.2, -0.15) is 23.4 Å². The van der Waals surface area contributed by atoms with E-state index in [9.17, 15) is 13.2 Å². The van der Waals surface area contributed by atoms with E-state index in [1.165, 1.54) is 11.7 Å². The van der Waals surface area contributed by atoms with Crippen molar-refractivity contribution in [3.8, 4) is 11.5 Å². The van der Waals surface area contributed by atoms with Crippen LogP contribution in [0.2, 0.25) is 0 Å². The molecule has 0 radical (unpaired) electrons. The Morgan fingerprint density at radius 1 is 1.33 bits per heavy atom. The molecule has 2 aromatic heterocycles. The van der Waals surface area contributed by atoms with Crippen molar-refractivity contribution in [2.45, 2.75) is 25.6 Å². The quantitative estimate of drug-likeness (QED) is 0.851. The second kappa shape index (κ2) is 4.83. The molecule has 0 aromatic carbocycles. The predicted molar refractivity (Wildman–Crippen MR) is 66.4 cm³/mol. The second-order valence-electron chi connectivity index (χ2n) is 4.98. The predicted octanol–water partition coefficient (Wildman–Crippen LogP) is 1.97. The van der Waals surface area contributed by atoms with Gasteiger partial charge in [-0.1, -0.05) is 0 Å². The minimum Gasteiger partial charge on any atom is -0.379 e. The summed E-state index contributed by atoms with van der Waals surface area (Å²) in [6, 6.07) is 0.987. The van der Waals surface area contributed by atoms with E-state index < -0.39 is 11.9 Å². The van der Waals surface area contributed by atoms with Crippen LogP contribution in [0.1, 0.15) is 24.0 Å². The van der Waals surface area contributed by atoms with Gasteiger partial charge in [0.25, 0.3) is 0 Å². The molecule has 1 aliphatic heterocycles. The average Bonchev–Trinajstić information content (AvgIpc) is 3.06. The lowest BCUT2D eigenvalue weighted by Gasteiger charge is -2.11.